The summed E-state index contributed by atoms with van der Waals surface area (Å²) >= 11 is 6.24. The lowest BCUT2D eigenvalue weighted by molar-refractivity contribution is 0.0999. The molecule has 2 N–H and O–H groups in total. The van der Waals surface area contributed by atoms with Crippen LogP contribution in [-0.4, -0.2) is 30.3 Å². The first-order chi connectivity index (χ1) is 10.6. The average molecular weight is 317 g/mol. The van der Waals surface area contributed by atoms with Gasteiger partial charge in [-0.2, -0.15) is 5.10 Å². The van der Waals surface area contributed by atoms with E-state index in [2.05, 4.69) is 15.3 Å². The maximum atomic E-state index is 11.9. The largest absolute Gasteiger partial charge is 0.365 e. The van der Waals surface area contributed by atoms with Crippen molar-refractivity contribution >= 4 is 23.2 Å². The van der Waals surface area contributed by atoms with Crippen LogP contribution in [0.25, 0.3) is 16.9 Å². The molecule has 0 saturated carbocycles. The lowest BCUT2D eigenvalue weighted by Gasteiger charge is -2.13. The van der Waals surface area contributed by atoms with Crippen molar-refractivity contribution in [1.29, 1.82) is 0 Å². The summed E-state index contributed by atoms with van der Waals surface area (Å²) in [6.07, 6.45) is 6.27. The second-order valence-corrected chi connectivity index (χ2v) is 5.76. The molecule has 4 rings (SSSR count). The van der Waals surface area contributed by atoms with Crippen LogP contribution in [0.5, 0.6) is 0 Å². The molecular weight excluding hydrogens is 304 g/mol. The molecule has 112 valence electrons. The Morgan fingerprint density at radius 1 is 1.36 bits per heavy atom. The molecule has 0 fully saturated rings. The van der Waals surface area contributed by atoms with E-state index in [1.807, 2.05) is 10.9 Å². The summed E-state index contributed by atoms with van der Waals surface area (Å²) < 4.78 is 3.59. The SMILES string of the molecule is NC(=O)c1c(-c2cc(Cl)c3nncn3c2)nn2c1CCCC2. The number of carbonyl (C=O) groups excluding carboxylic acids is 1. The van der Waals surface area contributed by atoms with Gasteiger partial charge in [-0.15, -0.1) is 10.2 Å². The predicted molar refractivity (Wildman–Crippen MR) is 80.7 cm³/mol. The van der Waals surface area contributed by atoms with Gasteiger partial charge in [0.25, 0.3) is 5.91 Å². The zero-order chi connectivity index (χ0) is 15.3. The van der Waals surface area contributed by atoms with Crippen LogP contribution >= 0.6 is 11.6 Å². The summed E-state index contributed by atoms with van der Waals surface area (Å²) in [6.45, 7) is 0.804. The van der Waals surface area contributed by atoms with E-state index in [1.54, 1.807) is 16.8 Å². The second kappa shape index (κ2) is 4.81. The van der Waals surface area contributed by atoms with Crippen LogP contribution in [0.1, 0.15) is 28.9 Å². The quantitative estimate of drug-likeness (QED) is 0.778. The minimum Gasteiger partial charge on any atom is -0.365 e. The van der Waals surface area contributed by atoms with Crippen molar-refractivity contribution in [3.63, 3.8) is 0 Å². The molecule has 3 aromatic heterocycles. The molecule has 8 heteroatoms. The van der Waals surface area contributed by atoms with Gasteiger partial charge in [-0.1, -0.05) is 11.6 Å². The zero-order valence-corrected chi connectivity index (χ0v) is 12.4. The maximum absolute atomic E-state index is 11.9. The summed E-state index contributed by atoms with van der Waals surface area (Å²) in [5.41, 5.74) is 8.86. The van der Waals surface area contributed by atoms with Gasteiger partial charge in [0, 0.05) is 18.3 Å². The molecule has 7 nitrogen and oxygen atoms in total. The molecule has 0 unspecified atom stereocenters. The number of nitrogens with two attached hydrogens (primary N) is 1. The van der Waals surface area contributed by atoms with Crippen molar-refractivity contribution in [3.05, 3.63) is 34.9 Å². The molecule has 0 spiro atoms. The number of aryl methyl sites for hydroxylation is 1. The Labute approximate surface area is 130 Å². The van der Waals surface area contributed by atoms with Gasteiger partial charge < -0.3 is 5.73 Å². The van der Waals surface area contributed by atoms with Gasteiger partial charge in [-0.3, -0.25) is 13.9 Å². The van der Waals surface area contributed by atoms with Gasteiger partial charge >= 0.3 is 0 Å². The highest BCUT2D eigenvalue weighted by atomic mass is 35.5. The smallest absolute Gasteiger partial charge is 0.252 e. The first kappa shape index (κ1) is 13.3. The van der Waals surface area contributed by atoms with Crippen LogP contribution in [0, 0.1) is 0 Å². The summed E-state index contributed by atoms with van der Waals surface area (Å²) in [5.74, 6) is -0.460. The Bertz CT molecular complexity index is 896. The Balaban J connectivity index is 1.97. The van der Waals surface area contributed by atoms with Crippen LogP contribution in [0.3, 0.4) is 0 Å². The van der Waals surface area contributed by atoms with Crippen molar-refractivity contribution in [2.45, 2.75) is 25.8 Å². The molecule has 0 bridgehead atoms. The fourth-order valence-corrected chi connectivity index (χ4v) is 3.23. The Morgan fingerprint density at radius 2 is 2.23 bits per heavy atom. The first-order valence-electron chi connectivity index (χ1n) is 7.04. The number of primary amides is 1. The standard InChI is InChI=1S/C14H13ClN6O/c15-9-5-8(6-20-7-17-18-14(9)20)12-11(13(16)22)10-3-1-2-4-21(10)19-12/h5-7H,1-4H2,(H2,16,22). The number of hydrogen-bond acceptors (Lipinski definition) is 4. The monoisotopic (exact) mass is 316 g/mol. The number of aromatic nitrogens is 5. The van der Waals surface area contributed by atoms with E-state index < -0.39 is 5.91 Å². The lowest BCUT2D eigenvalue weighted by atomic mass is 10.0. The minimum atomic E-state index is -0.460. The summed E-state index contributed by atoms with van der Waals surface area (Å²) in [7, 11) is 0. The molecule has 1 amide bonds. The number of nitrogens with zero attached hydrogens (tertiary/aromatic N) is 5. The van der Waals surface area contributed by atoms with Crippen molar-refractivity contribution in [1.82, 2.24) is 24.4 Å². The highest BCUT2D eigenvalue weighted by Gasteiger charge is 2.25. The molecule has 0 radical (unpaired) electrons. The number of carbonyl (C=O) groups is 1. The van der Waals surface area contributed by atoms with Crippen molar-refractivity contribution in [2.24, 2.45) is 5.73 Å². The number of pyridine rings is 1. The van der Waals surface area contributed by atoms with E-state index in [0.717, 1.165) is 37.1 Å². The van der Waals surface area contributed by atoms with E-state index in [-0.39, 0.29) is 0 Å². The van der Waals surface area contributed by atoms with Crippen LogP contribution < -0.4 is 5.73 Å². The first-order valence-corrected chi connectivity index (χ1v) is 7.41. The molecule has 0 atom stereocenters. The molecule has 0 aromatic carbocycles. The van der Waals surface area contributed by atoms with E-state index in [9.17, 15) is 4.79 Å². The van der Waals surface area contributed by atoms with Crippen LogP contribution in [0.15, 0.2) is 18.6 Å². The molecule has 4 heterocycles. The van der Waals surface area contributed by atoms with Gasteiger partial charge in [-0.05, 0) is 25.3 Å². The molecule has 0 aliphatic carbocycles. The van der Waals surface area contributed by atoms with Gasteiger partial charge in [0.1, 0.15) is 12.0 Å². The predicted octanol–water partition coefficient (Wildman–Crippen LogP) is 1.68. The zero-order valence-electron chi connectivity index (χ0n) is 11.7. The number of rotatable bonds is 2. The highest BCUT2D eigenvalue weighted by Crippen LogP contribution is 2.31. The third-order valence-corrected chi connectivity index (χ3v) is 4.24. The van der Waals surface area contributed by atoms with Crippen molar-refractivity contribution in [2.75, 3.05) is 0 Å². The van der Waals surface area contributed by atoms with Crippen LogP contribution in [0.4, 0.5) is 0 Å². The van der Waals surface area contributed by atoms with E-state index in [1.165, 1.54) is 0 Å². The van der Waals surface area contributed by atoms with Gasteiger partial charge in [-0.25, -0.2) is 0 Å². The molecule has 3 aromatic rings. The fourth-order valence-electron chi connectivity index (χ4n) is 2.98. The van der Waals surface area contributed by atoms with Crippen LogP contribution in [-0.2, 0) is 13.0 Å². The molecular formula is C14H13ClN6O. The lowest BCUT2D eigenvalue weighted by Crippen LogP contribution is -2.17. The topological polar surface area (TPSA) is 91.1 Å². The summed E-state index contributed by atoms with van der Waals surface area (Å²) in [6, 6.07) is 1.74. The molecule has 1 aliphatic rings. The molecule has 22 heavy (non-hydrogen) atoms. The average Bonchev–Trinajstić information content (AvgIpc) is 3.11. The molecule has 1 aliphatic heterocycles. The number of halogens is 1. The highest BCUT2D eigenvalue weighted by molar-refractivity contribution is 6.33. The van der Waals surface area contributed by atoms with E-state index >= 15 is 0 Å². The fraction of sp³-hybridized carbons (Fsp3) is 0.286. The van der Waals surface area contributed by atoms with Gasteiger partial charge in [0.05, 0.1) is 16.3 Å². The van der Waals surface area contributed by atoms with Gasteiger partial charge in [0.2, 0.25) is 0 Å². The molecule has 0 saturated heterocycles. The van der Waals surface area contributed by atoms with Gasteiger partial charge in [0.15, 0.2) is 5.65 Å². The Kier molecular flexibility index (Phi) is 2.90. The van der Waals surface area contributed by atoms with E-state index in [4.69, 9.17) is 17.3 Å². The Hall–Kier alpha value is -2.41. The van der Waals surface area contributed by atoms with E-state index in [0.29, 0.717) is 21.9 Å². The summed E-state index contributed by atoms with van der Waals surface area (Å²) in [4.78, 5) is 11.9. The minimum absolute atomic E-state index is 0.455. The second-order valence-electron chi connectivity index (χ2n) is 5.35. The normalized spacial score (nSPS) is 14.2. The van der Waals surface area contributed by atoms with Crippen molar-refractivity contribution in [3.8, 4) is 11.3 Å². The number of fused-ring (bicyclic) bond motifs is 2. The van der Waals surface area contributed by atoms with Crippen LogP contribution in [0.2, 0.25) is 5.02 Å². The van der Waals surface area contributed by atoms with Crippen molar-refractivity contribution < 1.29 is 4.79 Å². The number of hydrogen-bond donors (Lipinski definition) is 1. The maximum Gasteiger partial charge on any atom is 0.252 e. The third kappa shape index (κ3) is 1.89. The Morgan fingerprint density at radius 3 is 3.05 bits per heavy atom. The third-order valence-electron chi connectivity index (χ3n) is 3.96. The summed E-state index contributed by atoms with van der Waals surface area (Å²) in [5, 5.41) is 12.8. The number of amides is 1.